The van der Waals surface area contributed by atoms with Gasteiger partial charge in [0.1, 0.15) is 6.04 Å². The number of nitrogens with zero attached hydrogens (tertiary/aromatic N) is 3. The van der Waals surface area contributed by atoms with Crippen LogP contribution in [0.3, 0.4) is 0 Å². The van der Waals surface area contributed by atoms with Crippen molar-refractivity contribution in [3.05, 3.63) is 46.6 Å². The lowest BCUT2D eigenvalue weighted by Crippen LogP contribution is -2.43. The molecule has 1 N–H and O–H groups in total. The topological polar surface area (TPSA) is 119 Å². The summed E-state index contributed by atoms with van der Waals surface area (Å²) in [6.07, 6.45) is 0.988. The molecule has 1 amide bonds. The monoisotopic (exact) mass is 480 g/mol. The van der Waals surface area contributed by atoms with Crippen LogP contribution < -0.4 is 5.32 Å². The minimum atomic E-state index is -3.79. The van der Waals surface area contributed by atoms with Crippen molar-refractivity contribution in [2.75, 3.05) is 11.9 Å². The lowest BCUT2D eigenvalue weighted by atomic mass is 10.2. The minimum Gasteiger partial charge on any atom is -0.444 e. The number of carbonyl (C=O) groups excluding carboxylic acids is 1. The first-order chi connectivity index (χ1) is 13.8. The van der Waals surface area contributed by atoms with Gasteiger partial charge in [-0.05, 0) is 60.0 Å². The number of anilines is 1. The van der Waals surface area contributed by atoms with Crippen LogP contribution in [0.1, 0.15) is 18.4 Å². The first-order valence-corrected chi connectivity index (χ1v) is 11.1. The SMILES string of the molecule is Cc1ccc(S(=O)(=O)N2CCCC2C(=O)Nc2nnc(-c3ccc(Br)o3)o2)cc1. The number of benzene rings is 1. The summed E-state index contributed by atoms with van der Waals surface area (Å²) in [4.78, 5) is 12.9. The molecular formula is C18H17BrN4O5S. The minimum absolute atomic E-state index is 0.0987. The molecule has 0 saturated carbocycles. The Hall–Kier alpha value is -2.50. The molecule has 1 fully saturated rings. The molecule has 3 heterocycles. The highest BCUT2D eigenvalue weighted by Gasteiger charge is 2.39. The van der Waals surface area contributed by atoms with E-state index in [0.29, 0.717) is 23.3 Å². The van der Waals surface area contributed by atoms with E-state index in [-0.39, 0.29) is 23.3 Å². The van der Waals surface area contributed by atoms with Crippen LogP contribution >= 0.6 is 15.9 Å². The number of aromatic nitrogens is 2. The highest BCUT2D eigenvalue weighted by Crippen LogP contribution is 2.28. The molecule has 0 radical (unpaired) electrons. The summed E-state index contributed by atoms with van der Waals surface area (Å²) in [5, 5.41) is 10.1. The van der Waals surface area contributed by atoms with Gasteiger partial charge in [0.15, 0.2) is 10.4 Å². The third kappa shape index (κ3) is 3.98. The van der Waals surface area contributed by atoms with E-state index in [1.807, 2.05) is 6.92 Å². The fraction of sp³-hybridized carbons (Fsp3) is 0.278. The molecule has 1 aromatic carbocycles. The number of sulfonamides is 1. The summed E-state index contributed by atoms with van der Waals surface area (Å²) >= 11 is 3.18. The summed E-state index contributed by atoms with van der Waals surface area (Å²) in [5.74, 6) is -0.0788. The Morgan fingerprint density at radius 2 is 1.93 bits per heavy atom. The first kappa shape index (κ1) is 19.8. The maximum atomic E-state index is 13.0. The van der Waals surface area contributed by atoms with E-state index >= 15 is 0 Å². The number of amides is 1. The van der Waals surface area contributed by atoms with E-state index < -0.39 is 22.0 Å². The Balaban J connectivity index is 1.51. The van der Waals surface area contributed by atoms with Gasteiger partial charge in [-0.15, -0.1) is 5.10 Å². The van der Waals surface area contributed by atoms with Crippen LogP contribution in [0.15, 0.2) is 54.8 Å². The van der Waals surface area contributed by atoms with Crippen LogP contribution in [-0.4, -0.2) is 41.4 Å². The maximum absolute atomic E-state index is 13.0. The van der Waals surface area contributed by atoms with Gasteiger partial charge in [0, 0.05) is 6.54 Å². The highest BCUT2D eigenvalue weighted by molar-refractivity contribution is 9.10. The lowest BCUT2D eigenvalue weighted by molar-refractivity contribution is -0.119. The molecule has 29 heavy (non-hydrogen) atoms. The number of hydrogen-bond acceptors (Lipinski definition) is 7. The van der Waals surface area contributed by atoms with Crippen molar-refractivity contribution >= 4 is 37.9 Å². The van der Waals surface area contributed by atoms with Crippen LogP contribution in [-0.2, 0) is 14.8 Å². The maximum Gasteiger partial charge on any atom is 0.322 e. The quantitative estimate of drug-likeness (QED) is 0.595. The largest absolute Gasteiger partial charge is 0.444 e. The Morgan fingerprint density at radius 3 is 2.62 bits per heavy atom. The van der Waals surface area contributed by atoms with Crippen molar-refractivity contribution in [1.29, 1.82) is 0 Å². The molecule has 0 aliphatic carbocycles. The Labute approximate surface area is 175 Å². The number of halogens is 1. The zero-order valence-electron chi connectivity index (χ0n) is 15.3. The van der Waals surface area contributed by atoms with E-state index in [4.69, 9.17) is 8.83 Å². The van der Waals surface area contributed by atoms with Gasteiger partial charge < -0.3 is 8.83 Å². The van der Waals surface area contributed by atoms with Crippen molar-refractivity contribution < 1.29 is 22.0 Å². The summed E-state index contributed by atoms with van der Waals surface area (Å²) in [7, 11) is -3.79. The number of nitrogens with one attached hydrogen (secondary N) is 1. The molecule has 4 rings (SSSR count). The summed E-state index contributed by atoms with van der Waals surface area (Å²) in [6.45, 7) is 2.15. The van der Waals surface area contributed by atoms with Gasteiger partial charge in [0.05, 0.1) is 4.90 Å². The van der Waals surface area contributed by atoms with E-state index in [2.05, 4.69) is 31.4 Å². The van der Waals surface area contributed by atoms with Gasteiger partial charge >= 0.3 is 6.01 Å². The fourth-order valence-electron chi connectivity index (χ4n) is 3.13. The molecule has 152 valence electrons. The first-order valence-electron chi connectivity index (χ1n) is 8.83. The predicted molar refractivity (Wildman–Crippen MR) is 106 cm³/mol. The fourth-order valence-corrected chi connectivity index (χ4v) is 5.09. The zero-order valence-corrected chi connectivity index (χ0v) is 17.7. The second-order valence-electron chi connectivity index (χ2n) is 6.59. The number of hydrogen-bond donors (Lipinski definition) is 1. The molecule has 1 aliphatic rings. The summed E-state index contributed by atoms with van der Waals surface area (Å²) in [5.41, 5.74) is 0.954. The number of furan rings is 1. The van der Waals surface area contributed by atoms with Gasteiger partial charge in [-0.3, -0.25) is 10.1 Å². The van der Waals surface area contributed by atoms with Crippen LogP contribution in [0.4, 0.5) is 6.01 Å². The molecular weight excluding hydrogens is 464 g/mol. The summed E-state index contributed by atoms with van der Waals surface area (Å²) in [6, 6.07) is 8.87. The number of aryl methyl sites for hydroxylation is 1. The lowest BCUT2D eigenvalue weighted by Gasteiger charge is -2.22. The van der Waals surface area contributed by atoms with Gasteiger partial charge in [-0.1, -0.05) is 22.8 Å². The number of carbonyl (C=O) groups is 1. The Kier molecular flexibility index (Phi) is 5.28. The van der Waals surface area contributed by atoms with Gasteiger partial charge in [-0.2, -0.15) is 4.31 Å². The average molecular weight is 481 g/mol. The molecule has 1 aliphatic heterocycles. The molecule has 1 saturated heterocycles. The van der Waals surface area contributed by atoms with Crippen molar-refractivity contribution in [2.45, 2.75) is 30.7 Å². The van der Waals surface area contributed by atoms with Crippen molar-refractivity contribution in [3.8, 4) is 11.7 Å². The van der Waals surface area contributed by atoms with E-state index in [1.165, 1.54) is 4.31 Å². The molecule has 0 bridgehead atoms. The summed E-state index contributed by atoms with van der Waals surface area (Å²) < 4.78 is 38.4. The van der Waals surface area contributed by atoms with Crippen molar-refractivity contribution in [2.24, 2.45) is 0 Å². The van der Waals surface area contributed by atoms with Crippen molar-refractivity contribution in [1.82, 2.24) is 14.5 Å². The van der Waals surface area contributed by atoms with E-state index in [1.54, 1.807) is 36.4 Å². The third-order valence-electron chi connectivity index (χ3n) is 4.57. The molecule has 1 unspecified atom stereocenters. The normalized spacial score (nSPS) is 17.5. The standard InChI is InChI=1S/C18H17BrN4O5S/c1-11-4-6-12(7-5-11)29(25,26)23-10-2-3-13(23)16(24)20-18-22-21-17(28-18)14-8-9-15(19)27-14/h4-9,13H,2-3,10H2,1H3,(H,20,22,24). The van der Waals surface area contributed by atoms with Gasteiger partial charge in [0.2, 0.25) is 15.9 Å². The predicted octanol–water partition coefficient (Wildman–Crippen LogP) is 3.19. The molecule has 1 atom stereocenters. The molecule has 3 aromatic rings. The average Bonchev–Trinajstić information content (AvgIpc) is 3.42. The second kappa shape index (κ2) is 7.73. The smallest absolute Gasteiger partial charge is 0.322 e. The highest BCUT2D eigenvalue weighted by atomic mass is 79.9. The van der Waals surface area contributed by atoms with E-state index in [0.717, 1.165) is 5.56 Å². The second-order valence-corrected chi connectivity index (χ2v) is 9.26. The van der Waals surface area contributed by atoms with Gasteiger partial charge in [-0.25, -0.2) is 8.42 Å². The zero-order chi connectivity index (χ0) is 20.6. The Bertz CT molecular complexity index is 1140. The van der Waals surface area contributed by atoms with Crippen LogP contribution in [0.5, 0.6) is 0 Å². The van der Waals surface area contributed by atoms with Crippen molar-refractivity contribution in [3.63, 3.8) is 0 Å². The molecule has 0 spiro atoms. The van der Waals surface area contributed by atoms with Crippen LogP contribution in [0.2, 0.25) is 0 Å². The van der Waals surface area contributed by atoms with E-state index in [9.17, 15) is 13.2 Å². The Morgan fingerprint density at radius 1 is 1.17 bits per heavy atom. The van der Waals surface area contributed by atoms with Gasteiger partial charge in [0.25, 0.3) is 5.89 Å². The molecule has 2 aromatic heterocycles. The molecule has 11 heteroatoms. The number of rotatable bonds is 5. The third-order valence-corrected chi connectivity index (χ3v) is 6.92. The van der Waals surface area contributed by atoms with Crippen LogP contribution in [0.25, 0.3) is 11.7 Å². The van der Waals surface area contributed by atoms with Crippen LogP contribution in [0, 0.1) is 6.92 Å². The molecule has 9 nitrogen and oxygen atoms in total.